The van der Waals surface area contributed by atoms with Gasteiger partial charge in [0.2, 0.25) is 5.91 Å². The SMILES string of the molecule is C[NH+](Cc1ccccc1)Cc1cn([C@H]2CO[C@H]3[C@@H]2OC[C@@H]3NC(=O)C2CCCCC2)nn1. The molecule has 0 bridgehead atoms. The van der Waals surface area contributed by atoms with Crippen molar-refractivity contribution in [3.63, 3.8) is 0 Å². The molecule has 5 atom stereocenters. The molecule has 3 fully saturated rings. The molecule has 1 aliphatic carbocycles. The topological polar surface area (TPSA) is 82.7 Å². The highest BCUT2D eigenvalue weighted by Gasteiger charge is 2.49. The quantitative estimate of drug-likeness (QED) is 0.669. The molecule has 172 valence electrons. The zero-order chi connectivity index (χ0) is 21.9. The van der Waals surface area contributed by atoms with Crippen LogP contribution in [0, 0.1) is 5.92 Å². The summed E-state index contributed by atoms with van der Waals surface area (Å²) in [6.45, 7) is 2.77. The minimum Gasteiger partial charge on any atom is -0.371 e. The van der Waals surface area contributed by atoms with Gasteiger partial charge in [0.1, 0.15) is 37.0 Å². The number of hydrogen-bond donors (Lipinski definition) is 2. The monoisotopic (exact) mass is 440 g/mol. The fraction of sp³-hybridized carbons (Fsp3) is 0.625. The van der Waals surface area contributed by atoms with E-state index in [0.29, 0.717) is 13.2 Å². The number of nitrogens with one attached hydrogen (secondary N) is 2. The van der Waals surface area contributed by atoms with Crippen molar-refractivity contribution in [2.45, 2.75) is 69.5 Å². The van der Waals surface area contributed by atoms with Crippen molar-refractivity contribution in [3.05, 3.63) is 47.8 Å². The van der Waals surface area contributed by atoms with Crippen LogP contribution in [0.15, 0.2) is 36.5 Å². The number of nitrogens with zero attached hydrogens (tertiary/aromatic N) is 3. The fourth-order valence-electron chi connectivity index (χ4n) is 5.37. The van der Waals surface area contributed by atoms with E-state index in [9.17, 15) is 4.79 Å². The molecule has 3 heterocycles. The maximum absolute atomic E-state index is 12.7. The molecule has 3 aliphatic rings. The van der Waals surface area contributed by atoms with Crippen LogP contribution in [0.3, 0.4) is 0 Å². The predicted molar refractivity (Wildman–Crippen MR) is 118 cm³/mol. The number of quaternary nitrogens is 1. The Balaban J connectivity index is 1.16. The summed E-state index contributed by atoms with van der Waals surface area (Å²) in [4.78, 5) is 14.0. The summed E-state index contributed by atoms with van der Waals surface area (Å²) in [5.41, 5.74) is 2.27. The van der Waals surface area contributed by atoms with Crippen LogP contribution in [0.5, 0.6) is 0 Å². The number of ether oxygens (including phenoxy) is 2. The normalized spacial score (nSPS) is 29.0. The van der Waals surface area contributed by atoms with Gasteiger partial charge in [-0.3, -0.25) is 4.79 Å². The van der Waals surface area contributed by atoms with Gasteiger partial charge in [-0.25, -0.2) is 4.68 Å². The molecule has 1 amide bonds. The molecule has 0 spiro atoms. The maximum atomic E-state index is 12.7. The molecule has 2 saturated heterocycles. The lowest BCUT2D eigenvalue weighted by Gasteiger charge is -2.24. The Labute approximate surface area is 189 Å². The van der Waals surface area contributed by atoms with Gasteiger partial charge in [-0.05, 0) is 12.8 Å². The van der Waals surface area contributed by atoms with E-state index in [-0.39, 0.29) is 36.1 Å². The first-order valence-corrected chi connectivity index (χ1v) is 12.0. The van der Waals surface area contributed by atoms with E-state index in [1.807, 2.05) is 16.9 Å². The van der Waals surface area contributed by atoms with Gasteiger partial charge in [0.15, 0.2) is 0 Å². The van der Waals surface area contributed by atoms with Crippen molar-refractivity contribution in [2.24, 2.45) is 5.92 Å². The predicted octanol–water partition coefficient (Wildman–Crippen LogP) is 0.897. The summed E-state index contributed by atoms with van der Waals surface area (Å²) in [5.74, 6) is 0.312. The van der Waals surface area contributed by atoms with Crippen LogP contribution in [-0.2, 0) is 27.4 Å². The van der Waals surface area contributed by atoms with E-state index in [2.05, 4.69) is 46.9 Å². The van der Waals surface area contributed by atoms with Gasteiger partial charge in [-0.1, -0.05) is 54.8 Å². The minimum atomic E-state index is -0.119. The third-order valence-electron chi connectivity index (χ3n) is 7.06. The van der Waals surface area contributed by atoms with Gasteiger partial charge in [0.25, 0.3) is 0 Å². The van der Waals surface area contributed by atoms with Crippen molar-refractivity contribution in [1.82, 2.24) is 20.3 Å². The molecule has 1 saturated carbocycles. The molecule has 2 aliphatic heterocycles. The Morgan fingerprint density at radius 3 is 2.69 bits per heavy atom. The lowest BCUT2D eigenvalue weighted by Crippen LogP contribution is -3.06. The van der Waals surface area contributed by atoms with E-state index >= 15 is 0 Å². The Hall–Kier alpha value is -2.29. The summed E-state index contributed by atoms with van der Waals surface area (Å²) in [6, 6.07) is 10.4. The second-order valence-corrected chi connectivity index (χ2v) is 9.60. The molecule has 0 radical (unpaired) electrons. The number of benzene rings is 1. The summed E-state index contributed by atoms with van der Waals surface area (Å²) < 4.78 is 14.1. The summed E-state index contributed by atoms with van der Waals surface area (Å²) in [6.07, 6.45) is 7.35. The molecule has 8 heteroatoms. The molecule has 32 heavy (non-hydrogen) atoms. The third-order valence-corrected chi connectivity index (χ3v) is 7.06. The average molecular weight is 441 g/mol. The standard InChI is InChI=1S/C24H33N5O3/c1-28(12-17-8-4-2-5-9-17)13-19-14-29(27-26-19)21-16-32-22-20(15-31-23(21)22)25-24(30)18-10-6-3-7-11-18/h2,4-5,8-9,14,18,20-23H,3,6-7,10-13,15-16H2,1H3,(H,25,30)/p+1/t20-,21-,22+,23+/m0/s1. The lowest BCUT2D eigenvalue weighted by atomic mass is 9.88. The van der Waals surface area contributed by atoms with Crippen LogP contribution in [-0.4, -0.2) is 59.4 Å². The van der Waals surface area contributed by atoms with Gasteiger partial charge in [0, 0.05) is 11.5 Å². The van der Waals surface area contributed by atoms with Crippen molar-refractivity contribution >= 4 is 5.91 Å². The molecule has 8 nitrogen and oxygen atoms in total. The molecule has 2 N–H and O–H groups in total. The minimum absolute atomic E-state index is 0.00716. The van der Waals surface area contributed by atoms with Crippen LogP contribution >= 0.6 is 0 Å². The first-order valence-electron chi connectivity index (χ1n) is 12.0. The molecule has 2 aromatic rings. The van der Waals surface area contributed by atoms with E-state index in [1.165, 1.54) is 16.9 Å². The molecular weight excluding hydrogens is 406 g/mol. The van der Waals surface area contributed by atoms with E-state index in [0.717, 1.165) is 44.5 Å². The zero-order valence-electron chi connectivity index (χ0n) is 18.8. The summed E-state index contributed by atoms with van der Waals surface area (Å²) in [5, 5.41) is 12.0. The molecule has 1 aromatic heterocycles. The maximum Gasteiger partial charge on any atom is 0.223 e. The second-order valence-electron chi connectivity index (χ2n) is 9.60. The molecule has 1 aromatic carbocycles. The number of amides is 1. The number of rotatable bonds is 7. The van der Waals surface area contributed by atoms with E-state index < -0.39 is 0 Å². The van der Waals surface area contributed by atoms with Crippen molar-refractivity contribution < 1.29 is 19.2 Å². The Morgan fingerprint density at radius 1 is 1.09 bits per heavy atom. The summed E-state index contributed by atoms with van der Waals surface area (Å²) in [7, 11) is 2.17. The molecule has 1 unspecified atom stereocenters. The number of carbonyl (C=O) groups excluding carboxylic acids is 1. The van der Waals surface area contributed by atoms with Crippen molar-refractivity contribution in [3.8, 4) is 0 Å². The van der Waals surface area contributed by atoms with Crippen LogP contribution in [0.1, 0.15) is 49.4 Å². The largest absolute Gasteiger partial charge is 0.371 e. The highest BCUT2D eigenvalue weighted by atomic mass is 16.6. The van der Waals surface area contributed by atoms with Gasteiger partial charge in [-0.2, -0.15) is 0 Å². The number of aromatic nitrogens is 3. The van der Waals surface area contributed by atoms with Crippen LogP contribution in [0.4, 0.5) is 0 Å². The number of hydrogen-bond acceptors (Lipinski definition) is 5. The number of carbonyl (C=O) groups is 1. The third kappa shape index (κ3) is 4.72. The van der Waals surface area contributed by atoms with E-state index in [4.69, 9.17) is 9.47 Å². The highest BCUT2D eigenvalue weighted by molar-refractivity contribution is 5.79. The first-order chi connectivity index (χ1) is 15.7. The first kappa shape index (κ1) is 21.6. The molecular formula is C24H34N5O3+. The van der Waals surface area contributed by atoms with Gasteiger partial charge < -0.3 is 19.7 Å². The average Bonchev–Trinajstić information content (AvgIpc) is 3.53. The van der Waals surface area contributed by atoms with Gasteiger partial charge in [0.05, 0.1) is 32.5 Å². The second kappa shape index (κ2) is 9.68. The van der Waals surface area contributed by atoms with Crippen LogP contribution < -0.4 is 10.2 Å². The number of fused-ring (bicyclic) bond motifs is 1. The summed E-state index contributed by atoms with van der Waals surface area (Å²) >= 11 is 0. The van der Waals surface area contributed by atoms with Crippen molar-refractivity contribution in [2.75, 3.05) is 20.3 Å². The van der Waals surface area contributed by atoms with Gasteiger partial charge >= 0.3 is 0 Å². The lowest BCUT2D eigenvalue weighted by molar-refractivity contribution is -0.908. The smallest absolute Gasteiger partial charge is 0.223 e. The Morgan fingerprint density at radius 2 is 1.88 bits per heavy atom. The van der Waals surface area contributed by atoms with Gasteiger partial charge in [-0.15, -0.1) is 5.10 Å². The highest BCUT2D eigenvalue weighted by Crippen LogP contribution is 2.34. The van der Waals surface area contributed by atoms with Crippen molar-refractivity contribution in [1.29, 1.82) is 0 Å². The van der Waals surface area contributed by atoms with Crippen LogP contribution in [0.25, 0.3) is 0 Å². The Kier molecular flexibility index (Phi) is 6.52. The Bertz CT molecular complexity index is 898. The zero-order valence-corrected chi connectivity index (χ0v) is 18.8. The van der Waals surface area contributed by atoms with E-state index in [1.54, 1.807) is 0 Å². The fourth-order valence-corrected chi connectivity index (χ4v) is 5.37. The molecule has 5 rings (SSSR count). The van der Waals surface area contributed by atoms with Crippen LogP contribution in [0.2, 0.25) is 0 Å².